The number of nitrogens with zero attached hydrogens (tertiary/aromatic N) is 5. The van der Waals surface area contributed by atoms with Crippen molar-refractivity contribution in [2.75, 3.05) is 18.5 Å². The largest absolute Gasteiger partial charge is 0.377 e. The van der Waals surface area contributed by atoms with Gasteiger partial charge in [-0.3, -0.25) is 0 Å². The molecule has 1 aliphatic heterocycles. The number of rotatable bonds is 7. The fourth-order valence-electron chi connectivity index (χ4n) is 5.30. The lowest BCUT2D eigenvalue weighted by molar-refractivity contribution is 0.0869. The van der Waals surface area contributed by atoms with E-state index in [-0.39, 0.29) is 12.9 Å². The topological polar surface area (TPSA) is 76.7 Å². The van der Waals surface area contributed by atoms with Gasteiger partial charge in [-0.2, -0.15) is 0 Å². The molecule has 34 heavy (non-hydrogen) atoms. The molecule has 1 N–H and O–H groups in total. The number of pyridine rings is 1. The van der Waals surface area contributed by atoms with Crippen molar-refractivity contribution in [2.24, 2.45) is 10.9 Å². The van der Waals surface area contributed by atoms with E-state index < -0.39 is 0 Å². The van der Waals surface area contributed by atoms with Crippen molar-refractivity contribution in [3.8, 4) is 11.1 Å². The van der Waals surface area contributed by atoms with Crippen molar-refractivity contribution in [1.82, 2.24) is 19.6 Å². The fourth-order valence-corrected chi connectivity index (χ4v) is 5.30. The van der Waals surface area contributed by atoms with Gasteiger partial charge in [0.15, 0.2) is 5.82 Å². The zero-order valence-corrected chi connectivity index (χ0v) is 20.6. The Bertz CT molecular complexity index is 1240. The smallest absolute Gasteiger partial charge is 0.241 e. The van der Waals surface area contributed by atoms with Gasteiger partial charge >= 0.3 is 0 Å². The molecule has 0 aromatic carbocycles. The summed E-state index contributed by atoms with van der Waals surface area (Å²) in [4.78, 5) is 14.2. The summed E-state index contributed by atoms with van der Waals surface area (Å²) in [5.74, 6) is 2.02. The van der Waals surface area contributed by atoms with Gasteiger partial charge in [-0.15, -0.1) is 5.10 Å². The minimum Gasteiger partial charge on any atom is -0.377 e. The average molecular weight is 461 g/mol. The minimum atomic E-state index is -0.0778. The molecular weight excluding hydrogens is 424 g/mol. The van der Waals surface area contributed by atoms with Crippen LogP contribution in [0.4, 0.5) is 11.8 Å². The van der Waals surface area contributed by atoms with Gasteiger partial charge in [0.25, 0.3) is 0 Å². The van der Waals surface area contributed by atoms with E-state index in [1.807, 2.05) is 37.0 Å². The Morgan fingerprint density at radius 3 is 2.76 bits per heavy atom. The predicted octanol–water partition coefficient (Wildman–Crippen LogP) is 5.98. The first-order valence-corrected chi connectivity index (χ1v) is 12.4. The van der Waals surface area contributed by atoms with Crippen LogP contribution in [0.2, 0.25) is 0 Å². The van der Waals surface area contributed by atoms with Gasteiger partial charge < -0.3 is 10.1 Å². The van der Waals surface area contributed by atoms with Crippen molar-refractivity contribution >= 4 is 23.0 Å². The second kappa shape index (κ2) is 9.29. The van der Waals surface area contributed by atoms with E-state index in [0.717, 1.165) is 35.3 Å². The maximum atomic E-state index is 5.58. The molecule has 1 atom stereocenters. The summed E-state index contributed by atoms with van der Waals surface area (Å²) in [7, 11) is 0. The number of anilines is 1. The van der Waals surface area contributed by atoms with Crippen LogP contribution in [0.3, 0.4) is 0 Å². The molecule has 0 saturated carbocycles. The summed E-state index contributed by atoms with van der Waals surface area (Å²) in [6.07, 6.45) is 15.3. The first-order valence-electron chi connectivity index (χ1n) is 12.4. The second-order valence-corrected chi connectivity index (χ2v) is 9.81. The normalized spacial score (nSPS) is 20.6. The minimum absolute atomic E-state index is 0. The molecule has 1 unspecified atom stereocenters. The maximum Gasteiger partial charge on any atom is 0.241 e. The molecule has 7 nitrogen and oxygen atoms in total. The second-order valence-electron chi connectivity index (χ2n) is 9.81. The van der Waals surface area contributed by atoms with Gasteiger partial charge in [-0.05, 0) is 71.4 Å². The number of aliphatic imine (C=N–C) groups is 1. The number of hydrogen-bond acceptors (Lipinski definition) is 6. The molecule has 0 bridgehead atoms. The van der Waals surface area contributed by atoms with Gasteiger partial charge in [-0.25, -0.2) is 19.5 Å². The molecule has 3 aromatic rings. The average Bonchev–Trinajstić information content (AvgIpc) is 3.20. The van der Waals surface area contributed by atoms with E-state index in [1.54, 1.807) is 0 Å². The molecule has 0 radical (unpaired) electrons. The third-order valence-electron chi connectivity index (χ3n) is 7.36. The lowest BCUT2D eigenvalue weighted by Gasteiger charge is -2.35. The molecule has 7 heteroatoms. The van der Waals surface area contributed by atoms with E-state index in [1.165, 1.54) is 24.1 Å². The van der Waals surface area contributed by atoms with Crippen LogP contribution in [0.1, 0.15) is 60.4 Å². The van der Waals surface area contributed by atoms with Crippen LogP contribution in [-0.2, 0) is 10.2 Å². The van der Waals surface area contributed by atoms with Gasteiger partial charge in [-0.1, -0.05) is 12.2 Å². The van der Waals surface area contributed by atoms with Crippen LogP contribution in [0.25, 0.3) is 16.6 Å². The Kier molecular flexibility index (Phi) is 6.21. The highest BCUT2D eigenvalue weighted by Crippen LogP contribution is 2.48. The molecule has 0 amide bonds. The van der Waals surface area contributed by atoms with E-state index in [4.69, 9.17) is 14.7 Å². The highest BCUT2D eigenvalue weighted by Gasteiger charge is 2.44. The third kappa shape index (κ3) is 4.13. The summed E-state index contributed by atoms with van der Waals surface area (Å²) in [6.45, 7) is 9.88. The molecule has 1 aliphatic carbocycles. The van der Waals surface area contributed by atoms with Gasteiger partial charge in [0, 0.05) is 48.2 Å². The summed E-state index contributed by atoms with van der Waals surface area (Å²) in [5.41, 5.74) is 5.48. The van der Waals surface area contributed by atoms with Crippen molar-refractivity contribution in [2.45, 2.75) is 64.9 Å². The summed E-state index contributed by atoms with van der Waals surface area (Å²) in [6, 6.07) is 4.39. The molecule has 5 rings (SSSR count). The van der Waals surface area contributed by atoms with E-state index in [9.17, 15) is 0 Å². The van der Waals surface area contributed by atoms with Gasteiger partial charge in [0.05, 0.1) is 24.4 Å². The van der Waals surface area contributed by atoms with Crippen molar-refractivity contribution in [1.29, 1.82) is 0 Å². The van der Waals surface area contributed by atoms with Crippen LogP contribution >= 0.6 is 0 Å². The van der Waals surface area contributed by atoms with E-state index in [2.05, 4.69) is 53.5 Å². The zero-order valence-electron chi connectivity index (χ0n) is 20.6. The SMILES string of the molecule is CC1=Nc2ncc(-c3ccn4nc(NCCOC(C)C)ncc34)cc2C1(C)C1CCC=CCC1.[HH]. The van der Waals surface area contributed by atoms with Gasteiger partial charge in [0.1, 0.15) is 0 Å². The monoisotopic (exact) mass is 460 g/mol. The Hall–Kier alpha value is -3.06. The summed E-state index contributed by atoms with van der Waals surface area (Å²) < 4.78 is 7.45. The lowest BCUT2D eigenvalue weighted by Crippen LogP contribution is -2.36. The molecular formula is C27H36N6O. The van der Waals surface area contributed by atoms with E-state index >= 15 is 0 Å². The molecule has 3 aromatic heterocycles. The number of fused-ring (bicyclic) bond motifs is 2. The highest BCUT2D eigenvalue weighted by atomic mass is 16.5. The molecule has 0 fully saturated rings. The van der Waals surface area contributed by atoms with Crippen molar-refractivity contribution in [3.63, 3.8) is 0 Å². The predicted molar refractivity (Wildman–Crippen MR) is 139 cm³/mol. The first kappa shape index (κ1) is 22.7. The van der Waals surface area contributed by atoms with Crippen molar-refractivity contribution < 1.29 is 6.16 Å². The van der Waals surface area contributed by atoms with E-state index in [0.29, 0.717) is 25.0 Å². The Morgan fingerprint density at radius 2 is 2.00 bits per heavy atom. The molecule has 4 heterocycles. The lowest BCUT2D eigenvalue weighted by atomic mass is 9.67. The summed E-state index contributed by atoms with van der Waals surface area (Å²) in [5, 5.41) is 7.86. The Labute approximate surface area is 202 Å². The first-order chi connectivity index (χ1) is 16.5. The number of allylic oxidation sites excluding steroid dienone is 2. The molecule has 180 valence electrons. The number of hydrogen-bond donors (Lipinski definition) is 1. The third-order valence-corrected chi connectivity index (χ3v) is 7.36. The Morgan fingerprint density at radius 1 is 1.21 bits per heavy atom. The molecule has 2 aliphatic rings. The highest BCUT2D eigenvalue weighted by molar-refractivity contribution is 6.00. The zero-order chi connectivity index (χ0) is 23.7. The molecule has 0 spiro atoms. The number of ether oxygens (including phenoxy) is 1. The van der Waals surface area contributed by atoms with Crippen LogP contribution in [0.15, 0.2) is 47.9 Å². The number of aromatic nitrogens is 4. The molecule has 0 saturated heterocycles. The maximum absolute atomic E-state index is 5.58. The fraction of sp³-hybridized carbons (Fsp3) is 0.481. The van der Waals surface area contributed by atoms with Crippen LogP contribution in [-0.4, -0.2) is 44.5 Å². The summed E-state index contributed by atoms with van der Waals surface area (Å²) >= 11 is 0. The van der Waals surface area contributed by atoms with Crippen LogP contribution in [0.5, 0.6) is 0 Å². The Balaban J connectivity index is 0.00000289. The van der Waals surface area contributed by atoms with Crippen LogP contribution in [0, 0.1) is 5.92 Å². The standard InChI is InChI=1S/C27H34N6O.H2/c1-18(2)34-14-12-28-26-30-17-24-22(11-13-33(24)32-26)20-15-23-25(29-16-20)31-19(3)27(23,4)21-9-7-5-6-8-10-21;/h5-6,11,13,15-18,21H,7-10,12,14H2,1-4H3,(H,28,32);1H. The van der Waals surface area contributed by atoms with Gasteiger partial charge in [0.2, 0.25) is 5.95 Å². The van der Waals surface area contributed by atoms with Crippen molar-refractivity contribution in [3.05, 3.63) is 48.4 Å². The number of nitrogens with one attached hydrogen (secondary N) is 1. The van der Waals surface area contributed by atoms with Crippen LogP contribution < -0.4 is 5.32 Å². The quantitative estimate of drug-likeness (QED) is 0.346.